The molecule has 0 spiro atoms. The van der Waals surface area contributed by atoms with Crippen molar-refractivity contribution in [2.75, 3.05) is 40.1 Å². The van der Waals surface area contributed by atoms with E-state index in [4.69, 9.17) is 14.2 Å². The number of fused-ring (bicyclic) bond motifs is 1. The van der Waals surface area contributed by atoms with Crippen molar-refractivity contribution in [3.63, 3.8) is 0 Å². The van der Waals surface area contributed by atoms with Crippen LogP contribution in [-0.4, -0.2) is 72.9 Å². The van der Waals surface area contributed by atoms with Crippen LogP contribution >= 0.6 is 0 Å². The third-order valence-electron chi connectivity index (χ3n) is 7.75. The molecule has 0 radical (unpaired) electrons. The van der Waals surface area contributed by atoms with Crippen molar-refractivity contribution in [1.82, 2.24) is 9.80 Å². The molecule has 2 heterocycles. The topological polar surface area (TPSA) is 88.5 Å². The second-order valence-corrected chi connectivity index (χ2v) is 11.2. The van der Waals surface area contributed by atoms with E-state index in [-0.39, 0.29) is 36.6 Å². The van der Waals surface area contributed by atoms with Crippen LogP contribution < -0.4 is 14.2 Å². The zero-order valence-electron chi connectivity index (χ0n) is 24.0. The summed E-state index contributed by atoms with van der Waals surface area (Å²) in [4.78, 5) is 30.5. The van der Waals surface area contributed by atoms with Crippen LogP contribution in [0.2, 0.25) is 0 Å². The number of methoxy groups -OCH3 is 1. The van der Waals surface area contributed by atoms with Gasteiger partial charge in [-0.05, 0) is 49.3 Å². The van der Waals surface area contributed by atoms with Gasteiger partial charge in [0.2, 0.25) is 18.4 Å². The molecule has 2 aliphatic heterocycles. The van der Waals surface area contributed by atoms with Crippen LogP contribution in [0.5, 0.6) is 17.2 Å². The number of allylic oxidation sites excluding steroid dienone is 2. The Hall–Kier alpha value is -2.74. The summed E-state index contributed by atoms with van der Waals surface area (Å²) < 4.78 is 16.8. The lowest BCUT2D eigenvalue weighted by Gasteiger charge is -2.34. The normalized spacial score (nSPS) is 21.3. The third kappa shape index (κ3) is 7.01. The molecular formula is C30H46N2O6. The zero-order chi connectivity index (χ0) is 27.9. The summed E-state index contributed by atoms with van der Waals surface area (Å²) >= 11 is 0. The molecule has 1 amide bonds. The smallest absolute Gasteiger partial charge is 0.308 e. The second kappa shape index (κ2) is 13.4. The molecular weight excluding hydrogens is 484 g/mol. The Kier molecular flexibility index (Phi) is 10.5. The van der Waals surface area contributed by atoms with Crippen molar-refractivity contribution >= 4 is 11.9 Å². The fraction of sp³-hybridized carbons (Fsp3) is 0.667. The molecule has 0 saturated carbocycles. The van der Waals surface area contributed by atoms with Crippen LogP contribution in [0.1, 0.15) is 78.2 Å². The second-order valence-electron chi connectivity index (χ2n) is 11.2. The van der Waals surface area contributed by atoms with Crippen LogP contribution in [-0.2, 0) is 9.59 Å². The van der Waals surface area contributed by atoms with Crippen LogP contribution in [0.15, 0.2) is 24.3 Å². The summed E-state index contributed by atoms with van der Waals surface area (Å²) in [5.41, 5.74) is 0.607. The maximum absolute atomic E-state index is 13.6. The number of unbranched alkanes of at least 4 members (excludes halogenated alkanes) is 2. The predicted molar refractivity (Wildman–Crippen MR) is 148 cm³/mol. The van der Waals surface area contributed by atoms with Gasteiger partial charge in [-0.15, -0.1) is 0 Å². The molecule has 3 rings (SSSR count). The molecule has 212 valence electrons. The predicted octanol–water partition coefficient (Wildman–Crippen LogP) is 5.31. The van der Waals surface area contributed by atoms with E-state index in [2.05, 4.69) is 38.7 Å². The number of carboxylic acid groups (broad SMARTS) is 1. The lowest BCUT2D eigenvalue weighted by Crippen LogP contribution is -2.45. The first-order valence-electron chi connectivity index (χ1n) is 14.0. The number of hydrogen-bond acceptors (Lipinski definition) is 6. The van der Waals surface area contributed by atoms with E-state index in [0.717, 1.165) is 44.3 Å². The number of hydrogen-bond donors (Lipinski definition) is 1. The average molecular weight is 531 g/mol. The van der Waals surface area contributed by atoms with Gasteiger partial charge in [0.1, 0.15) is 0 Å². The van der Waals surface area contributed by atoms with Gasteiger partial charge in [0.05, 0.1) is 19.6 Å². The number of carboxylic acids is 1. The highest BCUT2D eigenvalue weighted by atomic mass is 16.7. The monoisotopic (exact) mass is 530 g/mol. The van der Waals surface area contributed by atoms with E-state index in [0.29, 0.717) is 30.2 Å². The number of aliphatic carboxylic acids is 1. The van der Waals surface area contributed by atoms with Gasteiger partial charge in [0.15, 0.2) is 11.5 Å². The minimum atomic E-state index is -0.850. The summed E-state index contributed by atoms with van der Waals surface area (Å²) in [6.45, 7) is 12.8. The number of carbonyl (C=O) groups is 2. The molecule has 0 aromatic heterocycles. The van der Waals surface area contributed by atoms with E-state index >= 15 is 0 Å². The fourth-order valence-electron chi connectivity index (χ4n) is 5.84. The molecule has 38 heavy (non-hydrogen) atoms. The van der Waals surface area contributed by atoms with E-state index in [1.807, 2.05) is 30.0 Å². The maximum atomic E-state index is 13.6. The highest BCUT2D eigenvalue weighted by Crippen LogP contribution is 2.48. The molecule has 1 saturated heterocycles. The van der Waals surface area contributed by atoms with Crippen molar-refractivity contribution < 1.29 is 28.9 Å². The summed E-state index contributed by atoms with van der Waals surface area (Å²) in [5.74, 6) is -0.141. The highest BCUT2D eigenvalue weighted by molar-refractivity contribution is 5.79. The van der Waals surface area contributed by atoms with Crippen molar-refractivity contribution in [2.24, 2.45) is 11.3 Å². The maximum Gasteiger partial charge on any atom is 0.308 e. The molecule has 1 aromatic carbocycles. The van der Waals surface area contributed by atoms with Gasteiger partial charge in [0.25, 0.3) is 0 Å². The summed E-state index contributed by atoms with van der Waals surface area (Å²) in [6, 6.07) is 3.44. The van der Waals surface area contributed by atoms with Crippen LogP contribution in [0.25, 0.3) is 0 Å². The van der Waals surface area contributed by atoms with E-state index in [1.165, 1.54) is 0 Å². The molecule has 3 atom stereocenters. The van der Waals surface area contributed by atoms with Gasteiger partial charge < -0.3 is 24.2 Å². The Balaban J connectivity index is 1.97. The SMILES string of the molecule is C/C=C/C(C)(C)C[C@H]1[C@H](C(=O)O)[C@@H](c2cc(OC)c3c(c2)OCO3)CN1CC(=O)N(CCCC)CCCC. The van der Waals surface area contributed by atoms with E-state index < -0.39 is 11.9 Å². The lowest BCUT2D eigenvalue weighted by molar-refractivity contribution is -0.144. The van der Waals surface area contributed by atoms with Gasteiger partial charge >= 0.3 is 5.97 Å². The van der Waals surface area contributed by atoms with Crippen molar-refractivity contribution in [1.29, 1.82) is 0 Å². The Morgan fingerprint density at radius 2 is 1.87 bits per heavy atom. The van der Waals surface area contributed by atoms with Crippen LogP contribution in [0.4, 0.5) is 0 Å². The number of ether oxygens (including phenoxy) is 3. The summed E-state index contributed by atoms with van der Waals surface area (Å²) in [5, 5.41) is 10.5. The number of amides is 1. The first-order valence-corrected chi connectivity index (χ1v) is 14.0. The van der Waals surface area contributed by atoms with Crippen LogP contribution in [0.3, 0.4) is 0 Å². The molecule has 1 fully saturated rings. The van der Waals surface area contributed by atoms with Gasteiger partial charge in [-0.2, -0.15) is 0 Å². The van der Waals surface area contributed by atoms with Gasteiger partial charge in [-0.3, -0.25) is 14.5 Å². The third-order valence-corrected chi connectivity index (χ3v) is 7.75. The minimum Gasteiger partial charge on any atom is -0.493 e. The van der Waals surface area contributed by atoms with Crippen molar-refractivity contribution in [2.45, 2.75) is 78.7 Å². The summed E-state index contributed by atoms with van der Waals surface area (Å²) in [6.07, 6.45) is 8.73. The standard InChI is InChI=1S/C30H46N2O6/c1-7-10-13-31(14-11-8-2)26(33)19-32-18-22(21-15-24(36-6)28-25(16-21)37-20-38-28)27(29(34)35)23(32)17-30(4,5)12-9-3/h9,12,15-16,22-23,27H,7-8,10-11,13-14,17-20H2,1-6H3,(H,34,35)/b12-9+/t22-,23+,27-/m1/s1. The van der Waals surface area contributed by atoms with Crippen LogP contribution in [0, 0.1) is 11.3 Å². The molecule has 1 N–H and O–H groups in total. The molecule has 8 nitrogen and oxygen atoms in total. The van der Waals surface area contributed by atoms with E-state index in [9.17, 15) is 14.7 Å². The fourth-order valence-corrected chi connectivity index (χ4v) is 5.84. The molecule has 8 heteroatoms. The number of rotatable bonds is 14. The first kappa shape index (κ1) is 29.8. The molecule has 2 aliphatic rings. The number of carbonyl (C=O) groups excluding carboxylic acids is 1. The highest BCUT2D eigenvalue weighted by Gasteiger charge is 2.49. The molecule has 1 aromatic rings. The van der Waals surface area contributed by atoms with E-state index in [1.54, 1.807) is 7.11 Å². The number of nitrogens with zero attached hydrogens (tertiary/aromatic N) is 2. The van der Waals surface area contributed by atoms with Crippen molar-refractivity contribution in [3.05, 3.63) is 29.8 Å². The average Bonchev–Trinajstić information content (AvgIpc) is 3.48. The van der Waals surface area contributed by atoms with Gasteiger partial charge in [0, 0.05) is 31.6 Å². The molecule has 0 bridgehead atoms. The molecule has 0 aliphatic carbocycles. The Labute approximate surface area is 227 Å². The minimum absolute atomic E-state index is 0.0776. The zero-order valence-corrected chi connectivity index (χ0v) is 24.0. The van der Waals surface area contributed by atoms with Crippen molar-refractivity contribution in [3.8, 4) is 17.2 Å². The Morgan fingerprint density at radius 1 is 1.18 bits per heavy atom. The number of likely N-dealkylation sites (tertiary alicyclic amines) is 1. The van der Waals surface area contributed by atoms with Gasteiger partial charge in [-0.25, -0.2) is 0 Å². The Bertz CT molecular complexity index is 983. The molecule has 0 unspecified atom stereocenters. The van der Waals surface area contributed by atoms with Gasteiger partial charge in [-0.1, -0.05) is 52.7 Å². The summed E-state index contributed by atoms with van der Waals surface area (Å²) in [7, 11) is 1.57. The first-order chi connectivity index (χ1) is 18.1. The number of benzene rings is 1. The quantitative estimate of drug-likeness (QED) is 0.326. The largest absolute Gasteiger partial charge is 0.493 e. The Morgan fingerprint density at radius 3 is 2.45 bits per heavy atom. The lowest BCUT2D eigenvalue weighted by atomic mass is 9.77.